The molecule has 0 saturated carbocycles. The molecule has 0 bridgehead atoms. The molecule has 1 rings (SSSR count). The van der Waals surface area contributed by atoms with Crippen LogP contribution in [0.1, 0.15) is 40.5 Å². The van der Waals surface area contributed by atoms with Gasteiger partial charge in [0.1, 0.15) is 0 Å². The smallest absolute Gasteiger partial charge is 0.236 e. The van der Waals surface area contributed by atoms with Crippen molar-refractivity contribution < 1.29 is 0 Å². The molecule has 86 valence electrons. The van der Waals surface area contributed by atoms with Crippen molar-refractivity contribution in [2.75, 3.05) is 10.6 Å². The third-order valence-electron chi connectivity index (χ3n) is 2.40. The van der Waals surface area contributed by atoms with Crippen molar-refractivity contribution in [1.29, 1.82) is 0 Å². The molecule has 1 aromatic heterocycles. The number of hydrogen-bond acceptors (Lipinski definition) is 5. The lowest BCUT2D eigenvalue weighted by Crippen LogP contribution is -2.15. The van der Waals surface area contributed by atoms with E-state index in [0.717, 1.165) is 23.9 Å². The summed E-state index contributed by atoms with van der Waals surface area (Å²) in [6.45, 7) is 8.56. The molecule has 15 heavy (non-hydrogen) atoms. The van der Waals surface area contributed by atoms with Crippen molar-refractivity contribution in [2.45, 2.75) is 52.6 Å². The van der Waals surface area contributed by atoms with E-state index in [4.69, 9.17) is 0 Å². The number of nitrogens with zero attached hydrogens (tertiary/aromatic N) is 2. The molecule has 4 nitrogen and oxygen atoms in total. The van der Waals surface area contributed by atoms with Gasteiger partial charge in [0.2, 0.25) is 11.1 Å². The molecule has 5 heteroatoms. The Morgan fingerprint density at radius 3 is 2.33 bits per heavy atom. The molecule has 0 aromatic carbocycles. The number of hydrogen-bond donors (Lipinski definition) is 2. The Labute approximate surface area is 95.7 Å². The number of rotatable bonds is 6. The topological polar surface area (TPSA) is 49.8 Å². The predicted octanol–water partition coefficient (Wildman–Crippen LogP) is 2.96. The van der Waals surface area contributed by atoms with Crippen molar-refractivity contribution in [3.8, 4) is 0 Å². The van der Waals surface area contributed by atoms with Crippen LogP contribution in [0.15, 0.2) is 0 Å². The Kier molecular flexibility index (Phi) is 4.81. The first-order chi connectivity index (χ1) is 7.15. The van der Waals surface area contributed by atoms with Gasteiger partial charge in [-0.1, -0.05) is 13.8 Å². The third kappa shape index (κ3) is 4.03. The second kappa shape index (κ2) is 5.90. The zero-order chi connectivity index (χ0) is 11.3. The molecule has 0 radical (unpaired) electrons. The van der Waals surface area contributed by atoms with Gasteiger partial charge in [-0.15, -0.1) is 0 Å². The summed E-state index contributed by atoms with van der Waals surface area (Å²) in [5, 5.41) is 7.46. The molecule has 2 atom stereocenters. The minimum atomic E-state index is 0.427. The fraction of sp³-hybridized carbons (Fsp3) is 0.800. The predicted molar refractivity (Wildman–Crippen MR) is 66.7 cm³/mol. The van der Waals surface area contributed by atoms with Gasteiger partial charge in [0.25, 0.3) is 0 Å². The molecule has 0 fully saturated rings. The van der Waals surface area contributed by atoms with Crippen LogP contribution in [0.4, 0.5) is 11.1 Å². The minimum absolute atomic E-state index is 0.427. The number of nitrogens with one attached hydrogen (secondary N) is 2. The summed E-state index contributed by atoms with van der Waals surface area (Å²) in [5.74, 6) is 0.736. The minimum Gasteiger partial charge on any atom is -0.358 e. The Morgan fingerprint density at radius 2 is 1.73 bits per heavy atom. The van der Waals surface area contributed by atoms with Gasteiger partial charge in [0.15, 0.2) is 0 Å². The summed E-state index contributed by atoms with van der Waals surface area (Å²) >= 11 is 1.41. The fourth-order valence-corrected chi connectivity index (χ4v) is 1.62. The van der Waals surface area contributed by atoms with Crippen LogP contribution < -0.4 is 10.6 Å². The Hall–Kier alpha value is -0.840. The van der Waals surface area contributed by atoms with E-state index in [1.54, 1.807) is 0 Å². The average molecular weight is 228 g/mol. The Balaban J connectivity index is 2.49. The van der Waals surface area contributed by atoms with Crippen LogP contribution in [0, 0.1) is 0 Å². The highest BCUT2D eigenvalue weighted by Gasteiger charge is 2.07. The zero-order valence-electron chi connectivity index (χ0n) is 9.87. The van der Waals surface area contributed by atoms with Crippen LogP contribution in [0.2, 0.25) is 0 Å². The maximum absolute atomic E-state index is 4.37. The lowest BCUT2D eigenvalue weighted by atomic mass is 10.3. The highest BCUT2D eigenvalue weighted by Crippen LogP contribution is 2.16. The highest BCUT2D eigenvalue weighted by molar-refractivity contribution is 7.09. The van der Waals surface area contributed by atoms with Gasteiger partial charge >= 0.3 is 0 Å². The van der Waals surface area contributed by atoms with Crippen molar-refractivity contribution >= 4 is 22.6 Å². The summed E-state index contributed by atoms with van der Waals surface area (Å²) in [5.41, 5.74) is 0. The molecule has 0 aliphatic heterocycles. The van der Waals surface area contributed by atoms with Gasteiger partial charge in [0.05, 0.1) is 0 Å². The van der Waals surface area contributed by atoms with E-state index in [-0.39, 0.29) is 0 Å². The molecular weight excluding hydrogens is 208 g/mol. The van der Waals surface area contributed by atoms with Gasteiger partial charge in [-0.3, -0.25) is 0 Å². The first-order valence-corrected chi connectivity index (χ1v) is 6.29. The van der Waals surface area contributed by atoms with Gasteiger partial charge in [-0.25, -0.2) is 0 Å². The van der Waals surface area contributed by atoms with Crippen LogP contribution in [0.5, 0.6) is 0 Å². The van der Waals surface area contributed by atoms with Gasteiger partial charge in [-0.2, -0.15) is 9.36 Å². The van der Waals surface area contributed by atoms with Gasteiger partial charge < -0.3 is 10.6 Å². The molecule has 1 heterocycles. The highest BCUT2D eigenvalue weighted by atomic mass is 32.1. The summed E-state index contributed by atoms with van der Waals surface area (Å²) in [7, 11) is 0. The van der Waals surface area contributed by atoms with Crippen molar-refractivity contribution in [1.82, 2.24) is 9.36 Å². The number of anilines is 2. The van der Waals surface area contributed by atoms with Gasteiger partial charge in [-0.05, 0) is 26.7 Å². The van der Waals surface area contributed by atoms with Crippen LogP contribution in [0.25, 0.3) is 0 Å². The molecule has 0 amide bonds. The van der Waals surface area contributed by atoms with E-state index in [2.05, 4.69) is 47.7 Å². The summed E-state index contributed by atoms with van der Waals surface area (Å²) in [6.07, 6.45) is 2.17. The lowest BCUT2D eigenvalue weighted by Gasteiger charge is -2.09. The van der Waals surface area contributed by atoms with Gasteiger partial charge in [0, 0.05) is 23.6 Å². The van der Waals surface area contributed by atoms with E-state index < -0.39 is 0 Å². The fourth-order valence-electron chi connectivity index (χ4n) is 0.976. The van der Waals surface area contributed by atoms with E-state index in [0.29, 0.717) is 12.1 Å². The first-order valence-electron chi connectivity index (χ1n) is 5.52. The summed E-state index contributed by atoms with van der Waals surface area (Å²) in [4.78, 5) is 4.37. The molecule has 0 aliphatic rings. The number of aromatic nitrogens is 2. The molecule has 1 aromatic rings. The lowest BCUT2D eigenvalue weighted by molar-refractivity contribution is 0.752. The zero-order valence-corrected chi connectivity index (χ0v) is 10.7. The third-order valence-corrected chi connectivity index (χ3v) is 3.04. The second-order valence-corrected chi connectivity index (χ2v) is 4.58. The van der Waals surface area contributed by atoms with Crippen LogP contribution in [-0.2, 0) is 0 Å². The maximum Gasteiger partial charge on any atom is 0.236 e. The van der Waals surface area contributed by atoms with Crippen LogP contribution in [0.3, 0.4) is 0 Å². The Bertz CT molecular complexity index is 260. The molecule has 2 unspecified atom stereocenters. The molecular formula is C10H20N4S. The SMILES string of the molecule is CCC(C)Nc1nsc(NC(C)CC)n1. The van der Waals surface area contributed by atoms with Crippen LogP contribution in [-0.4, -0.2) is 21.4 Å². The quantitative estimate of drug-likeness (QED) is 0.786. The molecule has 2 N–H and O–H groups in total. The standard InChI is InChI=1S/C10H20N4S/c1-5-7(3)11-9-13-10(15-14-9)12-8(4)6-2/h7-8H,5-6H2,1-4H3,(H2,11,12,13,14). The van der Waals surface area contributed by atoms with Crippen LogP contribution >= 0.6 is 11.5 Å². The normalized spacial score (nSPS) is 14.7. The molecule has 0 spiro atoms. The van der Waals surface area contributed by atoms with E-state index >= 15 is 0 Å². The Morgan fingerprint density at radius 1 is 1.13 bits per heavy atom. The maximum atomic E-state index is 4.37. The van der Waals surface area contributed by atoms with E-state index in [1.807, 2.05) is 0 Å². The molecule has 0 aliphatic carbocycles. The first kappa shape index (κ1) is 12.2. The monoisotopic (exact) mass is 228 g/mol. The van der Waals surface area contributed by atoms with E-state index in [1.165, 1.54) is 11.5 Å². The second-order valence-electron chi connectivity index (χ2n) is 3.83. The molecule has 0 saturated heterocycles. The van der Waals surface area contributed by atoms with Crippen molar-refractivity contribution in [3.05, 3.63) is 0 Å². The summed E-state index contributed by atoms with van der Waals surface area (Å²) < 4.78 is 4.25. The van der Waals surface area contributed by atoms with E-state index in [9.17, 15) is 0 Å². The van der Waals surface area contributed by atoms with Crippen molar-refractivity contribution in [3.63, 3.8) is 0 Å². The average Bonchev–Trinajstić information content (AvgIpc) is 2.65. The largest absolute Gasteiger partial charge is 0.358 e. The van der Waals surface area contributed by atoms with Crippen molar-refractivity contribution in [2.24, 2.45) is 0 Å². The summed E-state index contributed by atoms with van der Waals surface area (Å²) in [6, 6.07) is 0.880.